The maximum Gasteiger partial charge on any atom is 0.286 e. The number of nitrogens with one attached hydrogen (secondary N) is 1. The van der Waals surface area contributed by atoms with Gasteiger partial charge < -0.3 is 10.1 Å². The fourth-order valence-electron chi connectivity index (χ4n) is 2.26. The van der Waals surface area contributed by atoms with E-state index in [2.05, 4.69) is 10.3 Å². The maximum atomic E-state index is 13.0. The van der Waals surface area contributed by atoms with Gasteiger partial charge in [-0.1, -0.05) is 23.7 Å². The summed E-state index contributed by atoms with van der Waals surface area (Å²) in [6.07, 6.45) is 1.61. The van der Waals surface area contributed by atoms with Gasteiger partial charge in [0.25, 0.3) is 5.91 Å². The molecule has 5 nitrogen and oxygen atoms in total. The van der Waals surface area contributed by atoms with Crippen LogP contribution in [0.1, 0.15) is 18.1 Å². The fraction of sp³-hybridized carbons (Fsp3) is 0.105. The van der Waals surface area contributed by atoms with E-state index in [1.54, 1.807) is 36.4 Å². The third kappa shape index (κ3) is 5.18. The lowest BCUT2D eigenvalue weighted by Gasteiger charge is -2.10. The van der Waals surface area contributed by atoms with E-state index in [4.69, 9.17) is 16.3 Å². The molecule has 0 spiro atoms. The van der Waals surface area contributed by atoms with Gasteiger partial charge in [-0.05, 0) is 53.7 Å². The molecule has 2 aromatic carbocycles. The molecule has 0 fully saturated rings. The van der Waals surface area contributed by atoms with Crippen LogP contribution in [0.2, 0.25) is 5.02 Å². The largest absolute Gasteiger partial charge is 0.488 e. The average Bonchev–Trinajstić information content (AvgIpc) is 2.94. The van der Waals surface area contributed by atoms with Gasteiger partial charge in [-0.2, -0.15) is 4.99 Å². The van der Waals surface area contributed by atoms with Crippen molar-refractivity contribution in [3.63, 3.8) is 0 Å². The molecule has 0 atom stereocenters. The Labute approximate surface area is 164 Å². The van der Waals surface area contributed by atoms with Crippen molar-refractivity contribution in [2.75, 3.05) is 0 Å². The minimum atomic E-state index is -0.451. The first-order chi connectivity index (χ1) is 12.9. The summed E-state index contributed by atoms with van der Waals surface area (Å²) in [5, 5.41) is 3.20. The Hall–Kier alpha value is -2.64. The number of ether oxygens (including phenoxy) is 1. The highest BCUT2D eigenvalue weighted by atomic mass is 35.5. The van der Waals surface area contributed by atoms with Crippen molar-refractivity contribution < 1.29 is 18.7 Å². The molecule has 1 heterocycles. The van der Waals surface area contributed by atoms with Gasteiger partial charge in [0.1, 0.15) is 18.2 Å². The van der Waals surface area contributed by atoms with Gasteiger partial charge in [-0.3, -0.25) is 9.59 Å². The van der Waals surface area contributed by atoms with Gasteiger partial charge >= 0.3 is 0 Å². The van der Waals surface area contributed by atoms with Crippen LogP contribution >= 0.6 is 23.4 Å². The first kappa shape index (κ1) is 19.1. The zero-order valence-corrected chi connectivity index (χ0v) is 15.7. The quantitative estimate of drug-likeness (QED) is 0.777. The number of rotatable bonds is 4. The second kappa shape index (κ2) is 8.37. The highest BCUT2D eigenvalue weighted by Gasteiger charge is 2.23. The lowest BCUT2D eigenvalue weighted by atomic mass is 10.1. The second-order valence-electron chi connectivity index (χ2n) is 5.61. The van der Waals surface area contributed by atoms with E-state index in [1.807, 2.05) is 0 Å². The molecule has 8 heteroatoms. The van der Waals surface area contributed by atoms with Crippen LogP contribution in [0.5, 0.6) is 5.75 Å². The molecular weight excluding hydrogens is 391 g/mol. The zero-order chi connectivity index (χ0) is 19.4. The van der Waals surface area contributed by atoms with Crippen molar-refractivity contribution in [2.24, 2.45) is 4.99 Å². The SMILES string of the molecule is CC(=O)NC1=NC(=O)C(=Cc2cc(Cl)ccc2OCc2ccc(F)cc2)S1. The summed E-state index contributed by atoms with van der Waals surface area (Å²) in [5.74, 6) is -0.561. The van der Waals surface area contributed by atoms with Crippen LogP contribution in [-0.4, -0.2) is 17.0 Å². The van der Waals surface area contributed by atoms with Crippen molar-refractivity contribution in [2.45, 2.75) is 13.5 Å². The first-order valence-corrected chi connectivity index (χ1v) is 9.07. The number of amides is 2. The predicted octanol–water partition coefficient (Wildman–Crippen LogP) is 4.16. The van der Waals surface area contributed by atoms with Gasteiger partial charge in [0.05, 0.1) is 4.91 Å². The van der Waals surface area contributed by atoms with Crippen LogP contribution in [0, 0.1) is 5.82 Å². The summed E-state index contributed by atoms with van der Waals surface area (Å²) in [5.41, 5.74) is 1.40. The summed E-state index contributed by atoms with van der Waals surface area (Å²) >= 11 is 7.13. The Morgan fingerprint density at radius 2 is 2.04 bits per heavy atom. The molecule has 0 aliphatic carbocycles. The van der Waals surface area contributed by atoms with E-state index >= 15 is 0 Å². The smallest absolute Gasteiger partial charge is 0.286 e. The molecular formula is C19H14ClFN2O3S. The predicted molar refractivity (Wildman–Crippen MR) is 104 cm³/mol. The minimum absolute atomic E-state index is 0.229. The molecule has 138 valence electrons. The number of aliphatic imine (C=N–C) groups is 1. The summed E-state index contributed by atoms with van der Waals surface area (Å²) in [7, 11) is 0. The molecule has 27 heavy (non-hydrogen) atoms. The minimum Gasteiger partial charge on any atom is -0.488 e. The van der Waals surface area contributed by atoms with Gasteiger partial charge in [-0.15, -0.1) is 0 Å². The van der Waals surface area contributed by atoms with Crippen molar-refractivity contribution >= 4 is 46.4 Å². The molecule has 1 N–H and O–H groups in total. The monoisotopic (exact) mass is 404 g/mol. The summed E-state index contributed by atoms with van der Waals surface area (Å²) < 4.78 is 18.8. The Morgan fingerprint density at radius 1 is 1.30 bits per heavy atom. The molecule has 0 radical (unpaired) electrons. The van der Waals surface area contributed by atoms with Gasteiger partial charge in [0.15, 0.2) is 5.17 Å². The summed E-state index contributed by atoms with van der Waals surface area (Å²) in [4.78, 5) is 27.3. The number of hydrogen-bond acceptors (Lipinski definition) is 4. The lowest BCUT2D eigenvalue weighted by molar-refractivity contribution is -0.117. The van der Waals surface area contributed by atoms with E-state index < -0.39 is 5.91 Å². The number of amidine groups is 1. The van der Waals surface area contributed by atoms with Crippen molar-refractivity contribution in [3.8, 4) is 5.75 Å². The van der Waals surface area contributed by atoms with Gasteiger partial charge in [-0.25, -0.2) is 4.39 Å². The molecule has 3 rings (SSSR count). The van der Waals surface area contributed by atoms with E-state index in [0.717, 1.165) is 17.3 Å². The molecule has 2 amide bonds. The van der Waals surface area contributed by atoms with Crippen LogP contribution in [0.3, 0.4) is 0 Å². The molecule has 0 saturated heterocycles. The third-order valence-electron chi connectivity index (χ3n) is 3.47. The maximum absolute atomic E-state index is 13.0. The number of nitrogens with zero attached hydrogens (tertiary/aromatic N) is 1. The molecule has 1 aliphatic heterocycles. The molecule has 0 aromatic heterocycles. The summed E-state index contributed by atoms with van der Waals surface area (Å²) in [6, 6.07) is 11.0. The number of carbonyl (C=O) groups excluding carboxylic acids is 2. The number of thioether (sulfide) groups is 1. The molecule has 2 aromatic rings. The Morgan fingerprint density at radius 3 is 2.74 bits per heavy atom. The second-order valence-corrected chi connectivity index (χ2v) is 7.08. The average molecular weight is 405 g/mol. The Bertz CT molecular complexity index is 958. The van der Waals surface area contributed by atoms with Crippen molar-refractivity contribution in [3.05, 3.63) is 69.3 Å². The van der Waals surface area contributed by atoms with Crippen LogP contribution in [0.4, 0.5) is 4.39 Å². The standard InChI is InChI=1S/C19H14ClFN2O3S/c1-11(24)22-19-23-18(25)17(27-19)9-13-8-14(20)4-7-16(13)26-10-12-2-5-15(21)6-3-12/h2-9H,10H2,1H3,(H,22,23,24,25). The number of hydrogen-bond donors (Lipinski definition) is 1. The fourth-order valence-corrected chi connectivity index (χ4v) is 3.29. The zero-order valence-electron chi connectivity index (χ0n) is 14.2. The molecule has 0 bridgehead atoms. The molecule has 0 saturated carbocycles. The van der Waals surface area contributed by atoms with Crippen molar-refractivity contribution in [1.82, 2.24) is 5.32 Å². The van der Waals surface area contributed by atoms with Crippen molar-refractivity contribution in [1.29, 1.82) is 0 Å². The number of carbonyl (C=O) groups is 2. The molecule has 0 unspecified atom stereocenters. The molecule has 1 aliphatic rings. The van der Waals surface area contributed by atoms with Gasteiger partial charge in [0.2, 0.25) is 5.91 Å². The number of halogens is 2. The van der Waals surface area contributed by atoms with Crippen LogP contribution in [-0.2, 0) is 16.2 Å². The first-order valence-electron chi connectivity index (χ1n) is 7.87. The number of benzene rings is 2. The van der Waals surface area contributed by atoms with E-state index in [1.165, 1.54) is 19.1 Å². The highest BCUT2D eigenvalue weighted by molar-refractivity contribution is 8.18. The van der Waals surface area contributed by atoms with Crippen LogP contribution in [0.15, 0.2) is 52.4 Å². The van der Waals surface area contributed by atoms with Gasteiger partial charge in [0, 0.05) is 17.5 Å². The Kier molecular flexibility index (Phi) is 5.93. The van der Waals surface area contributed by atoms with E-state index in [9.17, 15) is 14.0 Å². The van der Waals surface area contributed by atoms with E-state index in [-0.39, 0.29) is 23.5 Å². The highest BCUT2D eigenvalue weighted by Crippen LogP contribution is 2.32. The lowest BCUT2D eigenvalue weighted by Crippen LogP contribution is -2.23. The Balaban J connectivity index is 1.79. The normalized spacial score (nSPS) is 15.0. The van der Waals surface area contributed by atoms with Crippen LogP contribution in [0.25, 0.3) is 6.08 Å². The van der Waals surface area contributed by atoms with E-state index in [0.29, 0.717) is 21.2 Å². The topological polar surface area (TPSA) is 67.8 Å². The van der Waals surface area contributed by atoms with Crippen LogP contribution < -0.4 is 10.1 Å². The third-order valence-corrected chi connectivity index (χ3v) is 4.60. The summed E-state index contributed by atoms with van der Waals surface area (Å²) in [6.45, 7) is 1.57.